The van der Waals surface area contributed by atoms with E-state index in [1.165, 1.54) is 11.3 Å². The quantitative estimate of drug-likeness (QED) is 0.678. The molecular weight excluding hydrogens is 366 g/mol. The van der Waals surface area contributed by atoms with E-state index < -0.39 is 6.09 Å². The molecule has 1 aliphatic heterocycles. The van der Waals surface area contributed by atoms with Gasteiger partial charge < -0.3 is 14.4 Å². The van der Waals surface area contributed by atoms with Crippen LogP contribution in [0.4, 0.5) is 16.2 Å². The number of para-hydroxylation sites is 2. The molecule has 1 fully saturated rings. The van der Waals surface area contributed by atoms with Gasteiger partial charge in [0.25, 0.3) is 0 Å². The van der Waals surface area contributed by atoms with Crippen molar-refractivity contribution >= 4 is 17.5 Å². The van der Waals surface area contributed by atoms with Gasteiger partial charge in [0.1, 0.15) is 5.75 Å². The van der Waals surface area contributed by atoms with Gasteiger partial charge in [-0.15, -0.1) is 0 Å². The van der Waals surface area contributed by atoms with Gasteiger partial charge in [0.05, 0.1) is 18.9 Å². The van der Waals surface area contributed by atoms with Crippen molar-refractivity contribution in [3.05, 3.63) is 54.1 Å². The Labute approximate surface area is 173 Å². The molecule has 156 valence electrons. The number of hydrogen-bond acceptors (Lipinski definition) is 5. The Balaban J connectivity index is 1.33. The number of carbonyl (C=O) groups excluding carboxylic acids is 1. The van der Waals surface area contributed by atoms with E-state index in [4.69, 9.17) is 9.47 Å². The van der Waals surface area contributed by atoms with Gasteiger partial charge in [-0.25, -0.2) is 4.79 Å². The largest absolute Gasteiger partial charge is 0.492 e. The second kappa shape index (κ2) is 10.7. The van der Waals surface area contributed by atoms with Crippen molar-refractivity contribution in [2.24, 2.45) is 0 Å². The van der Waals surface area contributed by atoms with E-state index in [0.29, 0.717) is 24.7 Å². The number of ether oxygens (including phenoxy) is 2. The zero-order chi connectivity index (χ0) is 20.5. The fourth-order valence-corrected chi connectivity index (χ4v) is 3.50. The number of benzene rings is 2. The molecule has 0 radical (unpaired) electrons. The molecule has 3 rings (SSSR count). The smallest absolute Gasteiger partial charge is 0.411 e. The highest BCUT2D eigenvalue weighted by Gasteiger charge is 2.17. The second-order valence-corrected chi connectivity index (χ2v) is 7.21. The number of rotatable bonds is 8. The van der Waals surface area contributed by atoms with E-state index >= 15 is 0 Å². The van der Waals surface area contributed by atoms with Gasteiger partial charge in [-0.3, -0.25) is 10.2 Å². The molecule has 0 saturated carbocycles. The average Bonchev–Trinajstić information content (AvgIpc) is 2.73. The molecular formula is C23H31N3O3. The summed E-state index contributed by atoms with van der Waals surface area (Å²) in [4.78, 5) is 16.9. The molecule has 1 N–H and O–H groups in total. The number of aryl methyl sites for hydroxylation is 1. The summed E-state index contributed by atoms with van der Waals surface area (Å²) in [7, 11) is 0. The Kier molecular flexibility index (Phi) is 7.76. The molecule has 0 aliphatic carbocycles. The summed E-state index contributed by atoms with van der Waals surface area (Å²) in [6.07, 6.45) is 0.381. The van der Waals surface area contributed by atoms with Gasteiger partial charge in [0.15, 0.2) is 0 Å². The lowest BCUT2D eigenvalue weighted by Gasteiger charge is -2.36. The third-order valence-electron chi connectivity index (χ3n) is 5.01. The average molecular weight is 398 g/mol. The molecule has 1 saturated heterocycles. The van der Waals surface area contributed by atoms with Gasteiger partial charge in [-0.1, -0.05) is 24.3 Å². The Morgan fingerprint density at radius 2 is 1.86 bits per heavy atom. The van der Waals surface area contributed by atoms with Crippen LogP contribution in [0.2, 0.25) is 0 Å². The van der Waals surface area contributed by atoms with E-state index in [-0.39, 0.29) is 0 Å². The maximum atomic E-state index is 12.0. The summed E-state index contributed by atoms with van der Waals surface area (Å²) in [5, 5.41) is 2.76. The van der Waals surface area contributed by atoms with E-state index in [9.17, 15) is 4.79 Å². The van der Waals surface area contributed by atoms with Crippen molar-refractivity contribution in [2.45, 2.75) is 20.3 Å². The summed E-state index contributed by atoms with van der Waals surface area (Å²) in [5.41, 5.74) is 3.23. The summed E-state index contributed by atoms with van der Waals surface area (Å²) in [6, 6.07) is 16.0. The highest BCUT2D eigenvalue weighted by atomic mass is 16.5. The van der Waals surface area contributed by atoms with Crippen molar-refractivity contribution in [1.82, 2.24) is 4.90 Å². The molecule has 6 nitrogen and oxygen atoms in total. The standard InChI is InChI=1S/C23H31N3O3/c1-3-28-22-11-5-4-10-21(22)24-23(27)29-17-7-12-25-13-15-26(16-14-25)20-9-6-8-19(2)18-20/h4-6,8-11,18H,3,7,12-17H2,1-2H3,(H,24,27). The minimum absolute atomic E-state index is 0.404. The van der Waals surface area contributed by atoms with Crippen molar-refractivity contribution in [2.75, 3.05) is 56.2 Å². The summed E-state index contributed by atoms with van der Waals surface area (Å²) >= 11 is 0. The maximum absolute atomic E-state index is 12.0. The Hall–Kier alpha value is -2.73. The maximum Gasteiger partial charge on any atom is 0.411 e. The van der Waals surface area contributed by atoms with Crippen molar-refractivity contribution in [3.8, 4) is 5.75 Å². The highest BCUT2D eigenvalue weighted by Crippen LogP contribution is 2.23. The zero-order valence-corrected chi connectivity index (χ0v) is 17.4. The first-order valence-corrected chi connectivity index (χ1v) is 10.4. The fraction of sp³-hybridized carbons (Fsp3) is 0.435. The number of carbonyl (C=O) groups is 1. The van der Waals surface area contributed by atoms with E-state index in [1.807, 2.05) is 25.1 Å². The lowest BCUT2D eigenvalue weighted by Crippen LogP contribution is -2.46. The molecule has 1 amide bonds. The van der Waals surface area contributed by atoms with E-state index in [2.05, 4.69) is 46.3 Å². The lowest BCUT2D eigenvalue weighted by molar-refractivity contribution is 0.151. The second-order valence-electron chi connectivity index (χ2n) is 7.21. The fourth-order valence-electron chi connectivity index (χ4n) is 3.50. The molecule has 0 aromatic heterocycles. The third kappa shape index (κ3) is 6.39. The monoisotopic (exact) mass is 397 g/mol. The lowest BCUT2D eigenvalue weighted by atomic mass is 10.2. The van der Waals surface area contributed by atoms with Crippen LogP contribution >= 0.6 is 0 Å². The summed E-state index contributed by atoms with van der Waals surface area (Å²) < 4.78 is 10.8. The topological polar surface area (TPSA) is 54.0 Å². The number of hydrogen-bond donors (Lipinski definition) is 1. The zero-order valence-electron chi connectivity index (χ0n) is 17.4. The van der Waals surface area contributed by atoms with Crippen molar-refractivity contribution in [3.63, 3.8) is 0 Å². The molecule has 0 bridgehead atoms. The van der Waals surface area contributed by atoms with Crippen molar-refractivity contribution in [1.29, 1.82) is 0 Å². The molecule has 2 aromatic carbocycles. The van der Waals surface area contributed by atoms with Crippen molar-refractivity contribution < 1.29 is 14.3 Å². The molecule has 0 spiro atoms. The predicted octanol–water partition coefficient (Wildman–Crippen LogP) is 4.15. The number of nitrogens with one attached hydrogen (secondary N) is 1. The van der Waals surface area contributed by atoms with Gasteiger partial charge in [-0.2, -0.15) is 0 Å². The Morgan fingerprint density at radius 1 is 1.07 bits per heavy atom. The first-order valence-electron chi connectivity index (χ1n) is 10.4. The van der Waals surface area contributed by atoms with Crippen LogP contribution in [0, 0.1) is 6.92 Å². The van der Waals surface area contributed by atoms with Crippen LogP contribution in [0.25, 0.3) is 0 Å². The summed E-state index contributed by atoms with van der Waals surface area (Å²) in [5.74, 6) is 0.651. The summed E-state index contributed by atoms with van der Waals surface area (Å²) in [6.45, 7) is 10.0. The van der Waals surface area contributed by atoms with Crippen LogP contribution in [0.1, 0.15) is 18.9 Å². The molecule has 2 aromatic rings. The van der Waals surface area contributed by atoms with E-state index in [0.717, 1.165) is 39.1 Å². The van der Waals surface area contributed by atoms with Crippen LogP contribution in [-0.2, 0) is 4.74 Å². The number of amides is 1. The molecule has 0 atom stereocenters. The first kappa shape index (κ1) is 21.0. The van der Waals surface area contributed by atoms with Crippen LogP contribution in [0.15, 0.2) is 48.5 Å². The van der Waals surface area contributed by atoms with Gasteiger partial charge >= 0.3 is 6.09 Å². The van der Waals surface area contributed by atoms with Crippen LogP contribution in [0.3, 0.4) is 0 Å². The van der Waals surface area contributed by atoms with Gasteiger partial charge in [0, 0.05) is 38.4 Å². The SMILES string of the molecule is CCOc1ccccc1NC(=O)OCCCN1CCN(c2cccc(C)c2)CC1. The van der Waals surface area contributed by atoms with Gasteiger partial charge in [0.2, 0.25) is 0 Å². The first-order chi connectivity index (χ1) is 14.2. The van der Waals surface area contributed by atoms with Crippen LogP contribution in [-0.4, -0.2) is 56.9 Å². The Bertz CT molecular complexity index is 788. The van der Waals surface area contributed by atoms with Crippen LogP contribution < -0.4 is 15.0 Å². The third-order valence-corrected chi connectivity index (χ3v) is 5.01. The van der Waals surface area contributed by atoms with Crippen LogP contribution in [0.5, 0.6) is 5.75 Å². The molecule has 6 heteroatoms. The minimum atomic E-state index is -0.443. The molecule has 0 unspecified atom stereocenters. The molecule has 1 aliphatic rings. The van der Waals surface area contributed by atoms with E-state index in [1.54, 1.807) is 6.07 Å². The number of nitrogens with zero attached hydrogens (tertiary/aromatic N) is 2. The minimum Gasteiger partial charge on any atom is -0.492 e. The molecule has 29 heavy (non-hydrogen) atoms. The van der Waals surface area contributed by atoms with Gasteiger partial charge in [-0.05, 0) is 50.1 Å². The Morgan fingerprint density at radius 3 is 2.62 bits per heavy atom. The number of piperazine rings is 1. The predicted molar refractivity (Wildman–Crippen MR) is 117 cm³/mol. The number of anilines is 2. The highest BCUT2D eigenvalue weighted by molar-refractivity contribution is 5.86. The molecule has 1 heterocycles. The normalized spacial score (nSPS) is 14.5.